The number of aryl methyl sites for hydroxylation is 3. The number of likely N-dealkylation sites (tertiary alicyclic amines) is 1. The van der Waals surface area contributed by atoms with Crippen LogP contribution in [-0.2, 0) is 19.4 Å². The molecule has 1 amide bonds. The molecule has 200 valence electrons. The molecule has 0 bridgehead atoms. The molecule has 5 rings (SSSR count). The largest absolute Gasteiger partial charge is 0.399 e. The van der Waals surface area contributed by atoms with Crippen molar-refractivity contribution in [3.8, 4) is 0 Å². The van der Waals surface area contributed by atoms with Gasteiger partial charge in [-0.05, 0) is 86.2 Å². The summed E-state index contributed by atoms with van der Waals surface area (Å²) in [5, 5.41) is 3.37. The number of benzene rings is 2. The average Bonchev–Trinajstić information content (AvgIpc) is 3.28. The second-order valence-electron chi connectivity index (χ2n) is 10.9. The molecular formula is C30H39N7O. The quantitative estimate of drug-likeness (QED) is 0.412. The summed E-state index contributed by atoms with van der Waals surface area (Å²) in [5.74, 6) is 1.11. The Bertz CT molecular complexity index is 1300. The van der Waals surface area contributed by atoms with Crippen molar-refractivity contribution in [1.82, 2.24) is 19.8 Å². The van der Waals surface area contributed by atoms with Gasteiger partial charge in [0.1, 0.15) is 0 Å². The number of nitrogens with zero attached hydrogens (tertiary/aromatic N) is 4. The highest BCUT2D eigenvalue weighted by Crippen LogP contribution is 2.29. The van der Waals surface area contributed by atoms with Gasteiger partial charge in [0.25, 0.3) is 5.91 Å². The lowest BCUT2D eigenvalue weighted by Gasteiger charge is -2.34. The maximum absolute atomic E-state index is 13.4. The summed E-state index contributed by atoms with van der Waals surface area (Å²) in [6, 6.07) is 12.3. The number of anilines is 3. The molecule has 0 saturated carbocycles. The van der Waals surface area contributed by atoms with Gasteiger partial charge in [0.2, 0.25) is 5.95 Å². The Morgan fingerprint density at radius 1 is 1.13 bits per heavy atom. The third-order valence-electron chi connectivity index (χ3n) is 7.81. The van der Waals surface area contributed by atoms with Crippen LogP contribution in [0.3, 0.4) is 0 Å². The molecule has 0 aliphatic carbocycles. The predicted octanol–water partition coefficient (Wildman–Crippen LogP) is 3.83. The zero-order valence-electron chi connectivity index (χ0n) is 22.7. The van der Waals surface area contributed by atoms with Crippen LogP contribution in [-0.4, -0.2) is 57.9 Å². The first-order valence-electron chi connectivity index (χ1n) is 13.6. The number of nitrogens with two attached hydrogens (primary N) is 2. The van der Waals surface area contributed by atoms with Crippen LogP contribution in [0.15, 0.2) is 42.6 Å². The van der Waals surface area contributed by atoms with Crippen LogP contribution in [0.1, 0.15) is 51.7 Å². The average molecular weight is 514 g/mol. The van der Waals surface area contributed by atoms with Crippen LogP contribution in [0.5, 0.6) is 0 Å². The SMILES string of the molecule is Cc1cc(C)cc(Nc2ncc3c(n2)CCN(C2CN(C(=O)c4ccc(N)c(CCCN)c4)CC2C)C3)c1. The molecule has 2 aromatic carbocycles. The molecule has 1 fully saturated rings. The third kappa shape index (κ3) is 5.66. The normalized spacial score (nSPS) is 19.4. The highest BCUT2D eigenvalue weighted by atomic mass is 16.2. The van der Waals surface area contributed by atoms with E-state index in [1.165, 1.54) is 16.7 Å². The Balaban J connectivity index is 1.24. The molecule has 8 nitrogen and oxygen atoms in total. The Labute approximate surface area is 225 Å². The van der Waals surface area contributed by atoms with Crippen molar-refractivity contribution in [2.24, 2.45) is 11.7 Å². The van der Waals surface area contributed by atoms with Gasteiger partial charge < -0.3 is 21.7 Å². The van der Waals surface area contributed by atoms with E-state index in [2.05, 4.69) is 54.2 Å². The number of rotatable bonds is 7. The topological polar surface area (TPSA) is 113 Å². The number of amides is 1. The number of nitrogens with one attached hydrogen (secondary N) is 1. The molecule has 2 aliphatic heterocycles. The Hall–Kier alpha value is -3.49. The molecule has 0 radical (unpaired) electrons. The van der Waals surface area contributed by atoms with E-state index < -0.39 is 0 Å². The van der Waals surface area contributed by atoms with E-state index in [0.717, 1.165) is 68.1 Å². The monoisotopic (exact) mass is 513 g/mol. The summed E-state index contributed by atoms with van der Waals surface area (Å²) in [6.45, 7) is 10.3. The fourth-order valence-electron chi connectivity index (χ4n) is 5.88. The van der Waals surface area contributed by atoms with Gasteiger partial charge in [-0.1, -0.05) is 13.0 Å². The number of carbonyl (C=O) groups is 1. The molecule has 1 aromatic heterocycles. The van der Waals surface area contributed by atoms with Crippen molar-refractivity contribution < 1.29 is 4.79 Å². The molecule has 2 unspecified atom stereocenters. The van der Waals surface area contributed by atoms with E-state index in [1.54, 1.807) is 0 Å². The van der Waals surface area contributed by atoms with Gasteiger partial charge in [0, 0.05) is 67.3 Å². The van der Waals surface area contributed by atoms with Crippen LogP contribution in [0, 0.1) is 19.8 Å². The first-order valence-corrected chi connectivity index (χ1v) is 13.6. The molecule has 2 aliphatic rings. The maximum atomic E-state index is 13.4. The zero-order valence-corrected chi connectivity index (χ0v) is 22.7. The third-order valence-corrected chi connectivity index (χ3v) is 7.81. The Kier molecular flexibility index (Phi) is 7.63. The fourth-order valence-corrected chi connectivity index (χ4v) is 5.88. The summed E-state index contributed by atoms with van der Waals surface area (Å²) in [6.07, 6.45) is 4.48. The summed E-state index contributed by atoms with van der Waals surface area (Å²) < 4.78 is 0. The van der Waals surface area contributed by atoms with E-state index in [4.69, 9.17) is 16.5 Å². The standard InChI is InChI=1S/C30H39N7O/c1-19-11-20(2)13-25(12-19)34-30-33-15-24-17-36(10-8-27(24)35-30)28-18-37(16-21(28)3)29(38)23-6-7-26(32)22(14-23)5-4-9-31/h6-7,11-15,21,28H,4-5,8-10,16-18,31-32H2,1-3H3,(H,33,34,35). The highest BCUT2D eigenvalue weighted by molar-refractivity contribution is 5.95. The van der Waals surface area contributed by atoms with Gasteiger partial charge in [0.15, 0.2) is 0 Å². The summed E-state index contributed by atoms with van der Waals surface area (Å²) in [4.78, 5) is 27.3. The van der Waals surface area contributed by atoms with Crippen molar-refractivity contribution in [2.45, 2.75) is 52.6 Å². The van der Waals surface area contributed by atoms with Gasteiger partial charge in [-0.3, -0.25) is 9.69 Å². The minimum atomic E-state index is 0.0798. The first kappa shape index (κ1) is 26.1. The van der Waals surface area contributed by atoms with E-state index in [-0.39, 0.29) is 5.91 Å². The van der Waals surface area contributed by atoms with Crippen LogP contribution in [0.25, 0.3) is 0 Å². The molecule has 8 heteroatoms. The molecule has 2 atom stereocenters. The van der Waals surface area contributed by atoms with Gasteiger partial charge in [0.05, 0.1) is 5.69 Å². The van der Waals surface area contributed by atoms with Crippen LogP contribution >= 0.6 is 0 Å². The maximum Gasteiger partial charge on any atom is 0.253 e. The van der Waals surface area contributed by atoms with Crippen molar-refractivity contribution >= 4 is 23.2 Å². The van der Waals surface area contributed by atoms with Crippen LogP contribution < -0.4 is 16.8 Å². The summed E-state index contributed by atoms with van der Waals surface area (Å²) >= 11 is 0. The van der Waals surface area contributed by atoms with E-state index in [9.17, 15) is 4.79 Å². The van der Waals surface area contributed by atoms with E-state index in [0.29, 0.717) is 30.0 Å². The minimum Gasteiger partial charge on any atom is -0.399 e. The lowest BCUT2D eigenvalue weighted by atomic mass is 10.00. The molecular weight excluding hydrogens is 474 g/mol. The fraction of sp³-hybridized carbons (Fsp3) is 0.433. The first-order chi connectivity index (χ1) is 18.3. The highest BCUT2D eigenvalue weighted by Gasteiger charge is 2.37. The zero-order chi connectivity index (χ0) is 26.8. The van der Waals surface area contributed by atoms with Crippen molar-refractivity contribution in [2.75, 3.05) is 37.2 Å². The summed E-state index contributed by atoms with van der Waals surface area (Å²) in [5.41, 5.74) is 20.0. The molecule has 1 saturated heterocycles. The number of hydrogen-bond donors (Lipinski definition) is 3. The van der Waals surface area contributed by atoms with Crippen LogP contribution in [0.4, 0.5) is 17.3 Å². The van der Waals surface area contributed by atoms with Gasteiger partial charge in [-0.2, -0.15) is 0 Å². The van der Waals surface area contributed by atoms with Gasteiger partial charge >= 0.3 is 0 Å². The Morgan fingerprint density at radius 3 is 2.68 bits per heavy atom. The summed E-state index contributed by atoms with van der Waals surface area (Å²) in [7, 11) is 0. The number of hydrogen-bond acceptors (Lipinski definition) is 7. The van der Waals surface area contributed by atoms with Crippen molar-refractivity contribution in [3.63, 3.8) is 0 Å². The molecule has 5 N–H and O–H groups in total. The van der Waals surface area contributed by atoms with Gasteiger partial charge in [-0.15, -0.1) is 0 Å². The van der Waals surface area contributed by atoms with Crippen LogP contribution in [0.2, 0.25) is 0 Å². The number of carbonyl (C=O) groups excluding carboxylic acids is 1. The smallest absolute Gasteiger partial charge is 0.253 e. The number of fused-ring (bicyclic) bond motifs is 1. The Morgan fingerprint density at radius 2 is 1.92 bits per heavy atom. The molecule has 0 spiro atoms. The second-order valence-corrected chi connectivity index (χ2v) is 10.9. The van der Waals surface area contributed by atoms with E-state index >= 15 is 0 Å². The lowest BCUT2D eigenvalue weighted by Crippen LogP contribution is -2.44. The van der Waals surface area contributed by atoms with Crippen molar-refractivity contribution in [3.05, 3.63) is 76.1 Å². The second kappa shape index (κ2) is 11.1. The molecule has 38 heavy (non-hydrogen) atoms. The minimum absolute atomic E-state index is 0.0798. The molecule has 3 aromatic rings. The number of nitrogen functional groups attached to an aromatic ring is 1. The predicted molar refractivity (Wildman–Crippen MR) is 152 cm³/mol. The lowest BCUT2D eigenvalue weighted by molar-refractivity contribution is 0.0773. The van der Waals surface area contributed by atoms with Gasteiger partial charge in [-0.25, -0.2) is 9.97 Å². The van der Waals surface area contributed by atoms with Crippen molar-refractivity contribution in [1.29, 1.82) is 0 Å². The number of aromatic nitrogens is 2. The molecule has 3 heterocycles. The van der Waals surface area contributed by atoms with E-state index in [1.807, 2.05) is 29.3 Å².